The molecule has 0 unspecified atom stereocenters. The van der Waals surface area contributed by atoms with Gasteiger partial charge < -0.3 is 14.4 Å². The third kappa shape index (κ3) is 5.39. The van der Waals surface area contributed by atoms with Crippen molar-refractivity contribution >= 4 is 28.0 Å². The molecule has 2 heterocycles. The lowest BCUT2D eigenvalue weighted by Crippen LogP contribution is -2.41. The van der Waals surface area contributed by atoms with E-state index in [1.165, 1.54) is 0 Å². The Morgan fingerprint density at radius 1 is 1.11 bits per heavy atom. The SMILES string of the molecule is COc1ccc(CN(C(=O)[C@@H](C)c2n[nH]c(=O)c3ccccc23)C2CCCC2)cc1OCc1cccs1. The van der Waals surface area contributed by atoms with Gasteiger partial charge >= 0.3 is 0 Å². The van der Waals surface area contributed by atoms with Crippen molar-refractivity contribution in [1.82, 2.24) is 15.1 Å². The minimum atomic E-state index is -0.504. The van der Waals surface area contributed by atoms with Gasteiger partial charge in [-0.3, -0.25) is 9.59 Å². The maximum absolute atomic E-state index is 14.0. The average Bonchev–Trinajstić information content (AvgIpc) is 3.65. The molecule has 1 aliphatic rings. The highest BCUT2D eigenvalue weighted by atomic mass is 32.1. The molecular weight excluding hydrogens is 486 g/mol. The minimum Gasteiger partial charge on any atom is -0.493 e. The molecule has 1 aliphatic carbocycles. The number of nitrogens with one attached hydrogen (secondary N) is 1. The Bertz CT molecular complexity index is 1430. The van der Waals surface area contributed by atoms with Gasteiger partial charge in [0.15, 0.2) is 11.5 Å². The fraction of sp³-hybridized carbons (Fsp3) is 0.345. The Hall–Kier alpha value is -3.65. The molecule has 2 aromatic heterocycles. The molecular formula is C29H31N3O4S. The van der Waals surface area contributed by atoms with Gasteiger partial charge in [-0.25, -0.2) is 5.10 Å². The Morgan fingerprint density at radius 2 is 1.89 bits per heavy atom. The highest BCUT2D eigenvalue weighted by molar-refractivity contribution is 7.09. The quantitative estimate of drug-likeness (QED) is 0.310. The molecule has 4 aromatic rings. The van der Waals surface area contributed by atoms with Crippen molar-refractivity contribution in [2.24, 2.45) is 0 Å². The number of rotatable bonds is 9. The lowest BCUT2D eigenvalue weighted by atomic mass is 9.98. The van der Waals surface area contributed by atoms with E-state index in [0.717, 1.165) is 36.1 Å². The number of benzene rings is 2. The molecule has 192 valence electrons. The van der Waals surface area contributed by atoms with E-state index < -0.39 is 5.92 Å². The van der Waals surface area contributed by atoms with Gasteiger partial charge in [-0.05, 0) is 55.0 Å². The molecule has 0 aliphatic heterocycles. The summed E-state index contributed by atoms with van der Waals surface area (Å²) in [6.07, 6.45) is 4.19. The van der Waals surface area contributed by atoms with Crippen molar-refractivity contribution in [2.75, 3.05) is 7.11 Å². The van der Waals surface area contributed by atoms with Crippen LogP contribution in [0.2, 0.25) is 0 Å². The molecule has 1 N–H and O–H groups in total. The van der Waals surface area contributed by atoms with Crippen LogP contribution in [0.15, 0.2) is 64.8 Å². The number of ether oxygens (including phenoxy) is 2. The molecule has 1 saturated carbocycles. The zero-order valence-corrected chi connectivity index (χ0v) is 21.9. The Labute approximate surface area is 220 Å². The lowest BCUT2D eigenvalue weighted by molar-refractivity contribution is -0.135. The van der Waals surface area contributed by atoms with Crippen LogP contribution >= 0.6 is 11.3 Å². The summed E-state index contributed by atoms with van der Waals surface area (Å²) in [5.41, 5.74) is 1.33. The van der Waals surface area contributed by atoms with Gasteiger partial charge in [0.2, 0.25) is 5.91 Å². The molecule has 5 rings (SSSR count). The van der Waals surface area contributed by atoms with Gasteiger partial charge in [-0.1, -0.05) is 43.2 Å². The van der Waals surface area contributed by atoms with Crippen molar-refractivity contribution in [3.63, 3.8) is 0 Å². The number of hydrogen-bond acceptors (Lipinski definition) is 6. The molecule has 0 radical (unpaired) electrons. The van der Waals surface area contributed by atoms with Crippen LogP contribution < -0.4 is 15.0 Å². The number of fused-ring (bicyclic) bond motifs is 1. The lowest BCUT2D eigenvalue weighted by Gasteiger charge is -2.32. The first kappa shape index (κ1) is 25.0. The Balaban J connectivity index is 1.43. The third-order valence-electron chi connectivity index (χ3n) is 7.09. The normalized spacial score (nSPS) is 14.5. The van der Waals surface area contributed by atoms with Crippen molar-refractivity contribution in [3.8, 4) is 11.5 Å². The van der Waals surface area contributed by atoms with E-state index in [1.54, 1.807) is 24.5 Å². The molecule has 37 heavy (non-hydrogen) atoms. The highest BCUT2D eigenvalue weighted by Gasteiger charge is 2.32. The predicted octanol–water partition coefficient (Wildman–Crippen LogP) is 5.65. The van der Waals surface area contributed by atoms with E-state index in [0.29, 0.717) is 41.1 Å². The fourth-order valence-electron chi connectivity index (χ4n) is 5.11. The van der Waals surface area contributed by atoms with Crippen LogP contribution in [0, 0.1) is 0 Å². The molecule has 0 saturated heterocycles. The topological polar surface area (TPSA) is 84.5 Å². The van der Waals surface area contributed by atoms with Crippen molar-refractivity contribution in [1.29, 1.82) is 0 Å². The largest absolute Gasteiger partial charge is 0.493 e. The second-order valence-corrected chi connectivity index (χ2v) is 10.5. The van der Waals surface area contributed by atoms with Gasteiger partial charge in [-0.15, -0.1) is 11.3 Å². The third-order valence-corrected chi connectivity index (χ3v) is 7.94. The molecule has 1 fully saturated rings. The number of aromatic amines is 1. The van der Waals surface area contributed by atoms with Crippen LogP contribution in [0.5, 0.6) is 11.5 Å². The molecule has 1 atom stereocenters. The number of carbonyl (C=O) groups excluding carboxylic acids is 1. The molecule has 0 spiro atoms. The van der Waals surface area contributed by atoms with Gasteiger partial charge in [0.05, 0.1) is 24.1 Å². The van der Waals surface area contributed by atoms with Crippen molar-refractivity contribution in [2.45, 2.75) is 57.7 Å². The van der Waals surface area contributed by atoms with Crippen LogP contribution in [0.3, 0.4) is 0 Å². The highest BCUT2D eigenvalue weighted by Crippen LogP contribution is 2.33. The number of hydrogen-bond donors (Lipinski definition) is 1. The summed E-state index contributed by atoms with van der Waals surface area (Å²) < 4.78 is 11.6. The molecule has 0 bridgehead atoms. The zero-order chi connectivity index (χ0) is 25.8. The summed E-state index contributed by atoms with van der Waals surface area (Å²) in [6.45, 7) is 2.81. The van der Waals surface area contributed by atoms with Crippen molar-refractivity contribution in [3.05, 3.63) is 86.5 Å². The summed E-state index contributed by atoms with van der Waals surface area (Å²) >= 11 is 1.65. The summed E-state index contributed by atoms with van der Waals surface area (Å²) in [6, 6.07) is 17.4. The first-order valence-electron chi connectivity index (χ1n) is 12.6. The number of aromatic nitrogens is 2. The smallest absolute Gasteiger partial charge is 0.272 e. The maximum atomic E-state index is 14.0. The number of thiophene rings is 1. The van der Waals surface area contributed by atoms with Gasteiger partial charge in [0.25, 0.3) is 5.56 Å². The van der Waals surface area contributed by atoms with E-state index in [9.17, 15) is 9.59 Å². The Morgan fingerprint density at radius 3 is 2.62 bits per heavy atom. The molecule has 2 aromatic carbocycles. The summed E-state index contributed by atoms with van der Waals surface area (Å²) in [4.78, 5) is 29.4. The first-order chi connectivity index (χ1) is 18.0. The number of methoxy groups -OCH3 is 1. The van der Waals surface area contributed by atoms with Crippen LogP contribution in [-0.2, 0) is 17.9 Å². The van der Waals surface area contributed by atoms with E-state index in [1.807, 2.05) is 65.7 Å². The van der Waals surface area contributed by atoms with Gasteiger partial charge in [0, 0.05) is 22.8 Å². The fourth-order valence-corrected chi connectivity index (χ4v) is 5.72. The summed E-state index contributed by atoms with van der Waals surface area (Å²) in [7, 11) is 1.63. The van der Waals surface area contributed by atoms with E-state index in [-0.39, 0.29) is 17.5 Å². The van der Waals surface area contributed by atoms with Crippen LogP contribution in [0.1, 0.15) is 54.7 Å². The van der Waals surface area contributed by atoms with Gasteiger partial charge in [0.1, 0.15) is 6.61 Å². The van der Waals surface area contributed by atoms with Crippen LogP contribution in [-0.4, -0.2) is 34.2 Å². The number of H-pyrrole nitrogens is 1. The second kappa shape index (κ2) is 11.2. The number of carbonyl (C=O) groups is 1. The average molecular weight is 518 g/mol. The van der Waals surface area contributed by atoms with Gasteiger partial charge in [-0.2, -0.15) is 5.10 Å². The van der Waals surface area contributed by atoms with E-state index >= 15 is 0 Å². The molecule has 8 heteroatoms. The molecule has 1 amide bonds. The second-order valence-electron chi connectivity index (χ2n) is 9.46. The van der Waals surface area contributed by atoms with E-state index in [2.05, 4.69) is 10.2 Å². The number of amides is 1. The zero-order valence-electron chi connectivity index (χ0n) is 21.1. The maximum Gasteiger partial charge on any atom is 0.272 e. The van der Waals surface area contributed by atoms with Crippen LogP contribution in [0.25, 0.3) is 10.8 Å². The number of nitrogens with zero attached hydrogens (tertiary/aromatic N) is 2. The monoisotopic (exact) mass is 517 g/mol. The van der Waals surface area contributed by atoms with E-state index in [4.69, 9.17) is 9.47 Å². The van der Waals surface area contributed by atoms with Crippen LogP contribution in [0.4, 0.5) is 0 Å². The predicted molar refractivity (Wildman–Crippen MR) is 145 cm³/mol. The Kier molecular flexibility index (Phi) is 7.55. The summed E-state index contributed by atoms with van der Waals surface area (Å²) in [5.74, 6) is 0.827. The minimum absolute atomic E-state index is 0.00785. The first-order valence-corrected chi connectivity index (χ1v) is 13.5. The van der Waals surface area contributed by atoms with Crippen molar-refractivity contribution < 1.29 is 14.3 Å². The standard InChI is InChI=1S/C29H31N3O4S/c1-19(27-23-11-5-6-12-24(23)28(33)31-30-27)29(34)32(21-8-3-4-9-21)17-20-13-14-25(35-2)26(16-20)36-18-22-10-7-15-37-22/h5-7,10-16,19,21H,3-4,8-9,17-18H2,1-2H3,(H,31,33)/t19-/m0/s1. The summed E-state index contributed by atoms with van der Waals surface area (Å²) in [5, 5.41) is 10.2. The molecule has 7 nitrogen and oxygen atoms in total.